The van der Waals surface area contributed by atoms with E-state index in [0.29, 0.717) is 11.3 Å². The van der Waals surface area contributed by atoms with Crippen LogP contribution in [-0.2, 0) is 4.79 Å². The van der Waals surface area contributed by atoms with E-state index in [0.717, 1.165) is 0 Å². The average Bonchev–Trinajstić information content (AvgIpc) is 2.36. The number of carbonyl (C=O) groups excluding carboxylic acids is 3. The predicted octanol–water partition coefficient (Wildman–Crippen LogP) is 1.54. The van der Waals surface area contributed by atoms with Gasteiger partial charge in [-0.15, -0.1) is 0 Å². The summed E-state index contributed by atoms with van der Waals surface area (Å²) in [7, 11) is 0. The van der Waals surface area contributed by atoms with E-state index < -0.39 is 6.03 Å². The second-order valence-corrected chi connectivity index (χ2v) is 4.67. The van der Waals surface area contributed by atoms with Crippen molar-refractivity contribution in [2.24, 2.45) is 0 Å². The molecule has 1 aromatic carbocycles. The molecule has 108 valence electrons. The van der Waals surface area contributed by atoms with Gasteiger partial charge in [0, 0.05) is 17.3 Å². The lowest BCUT2D eigenvalue weighted by Gasteiger charge is -2.10. The highest BCUT2D eigenvalue weighted by atomic mass is 16.2. The van der Waals surface area contributed by atoms with Crippen molar-refractivity contribution in [1.82, 2.24) is 10.6 Å². The third-order valence-electron chi connectivity index (χ3n) is 2.38. The topological polar surface area (TPSA) is 87.3 Å². The van der Waals surface area contributed by atoms with Crippen LogP contribution in [0.2, 0.25) is 0 Å². The van der Waals surface area contributed by atoms with Gasteiger partial charge >= 0.3 is 6.03 Å². The fraction of sp³-hybridized carbons (Fsp3) is 0.357. The van der Waals surface area contributed by atoms with Crippen molar-refractivity contribution in [2.45, 2.75) is 26.8 Å². The molecule has 0 radical (unpaired) electrons. The summed E-state index contributed by atoms with van der Waals surface area (Å²) in [6.07, 6.45) is 0. The van der Waals surface area contributed by atoms with E-state index in [4.69, 9.17) is 0 Å². The Kier molecular flexibility index (Phi) is 5.71. The van der Waals surface area contributed by atoms with Crippen molar-refractivity contribution in [1.29, 1.82) is 0 Å². The third-order valence-corrected chi connectivity index (χ3v) is 2.38. The van der Waals surface area contributed by atoms with Crippen LogP contribution in [0.1, 0.15) is 31.1 Å². The molecule has 0 saturated heterocycles. The van der Waals surface area contributed by atoms with Gasteiger partial charge in [-0.2, -0.15) is 0 Å². The Balaban J connectivity index is 2.48. The normalized spacial score (nSPS) is 10.0. The molecule has 0 aromatic heterocycles. The van der Waals surface area contributed by atoms with Gasteiger partial charge in [0.25, 0.3) is 0 Å². The van der Waals surface area contributed by atoms with Gasteiger partial charge in [-0.3, -0.25) is 9.59 Å². The fourth-order valence-corrected chi connectivity index (χ4v) is 1.49. The molecule has 20 heavy (non-hydrogen) atoms. The van der Waals surface area contributed by atoms with E-state index in [1.807, 2.05) is 13.8 Å². The fourth-order valence-electron chi connectivity index (χ4n) is 1.49. The molecular formula is C14H19N3O3. The van der Waals surface area contributed by atoms with Crippen molar-refractivity contribution < 1.29 is 14.4 Å². The van der Waals surface area contributed by atoms with E-state index in [1.165, 1.54) is 6.92 Å². The summed E-state index contributed by atoms with van der Waals surface area (Å²) in [5, 5.41) is 7.67. The zero-order chi connectivity index (χ0) is 15.1. The molecule has 0 atom stereocenters. The van der Waals surface area contributed by atoms with E-state index in [-0.39, 0.29) is 24.3 Å². The minimum atomic E-state index is -0.396. The molecule has 3 amide bonds. The third kappa shape index (κ3) is 5.51. The van der Waals surface area contributed by atoms with E-state index in [9.17, 15) is 14.4 Å². The van der Waals surface area contributed by atoms with Crippen LogP contribution >= 0.6 is 0 Å². The molecule has 0 spiro atoms. The van der Waals surface area contributed by atoms with Gasteiger partial charge < -0.3 is 16.0 Å². The number of Topliss-reactive ketones (excluding diaryl/α,β-unsaturated/α-hetero) is 1. The summed E-state index contributed by atoms with van der Waals surface area (Å²) in [4.78, 5) is 34.2. The number of amides is 3. The number of hydrogen-bond donors (Lipinski definition) is 3. The molecule has 1 aromatic rings. The van der Waals surface area contributed by atoms with Crippen molar-refractivity contribution in [2.75, 3.05) is 11.9 Å². The van der Waals surface area contributed by atoms with E-state index in [1.54, 1.807) is 24.3 Å². The minimum Gasteiger partial charge on any atom is -0.336 e. The summed E-state index contributed by atoms with van der Waals surface area (Å²) < 4.78 is 0. The molecule has 0 fully saturated rings. The van der Waals surface area contributed by atoms with Crippen LogP contribution in [-0.4, -0.2) is 30.3 Å². The van der Waals surface area contributed by atoms with Gasteiger partial charge in [0.05, 0.1) is 6.54 Å². The quantitative estimate of drug-likeness (QED) is 0.713. The molecule has 6 nitrogen and oxygen atoms in total. The van der Waals surface area contributed by atoms with Crippen molar-refractivity contribution in [3.05, 3.63) is 29.8 Å². The number of ketones is 1. The Morgan fingerprint density at radius 3 is 2.50 bits per heavy atom. The molecule has 0 aliphatic carbocycles. The number of rotatable bonds is 5. The second kappa shape index (κ2) is 7.28. The van der Waals surface area contributed by atoms with Crippen molar-refractivity contribution in [3.8, 4) is 0 Å². The average molecular weight is 277 g/mol. The summed E-state index contributed by atoms with van der Waals surface area (Å²) >= 11 is 0. The van der Waals surface area contributed by atoms with E-state index >= 15 is 0 Å². The molecule has 0 bridgehead atoms. The molecular weight excluding hydrogens is 258 g/mol. The molecule has 0 heterocycles. The maximum Gasteiger partial charge on any atom is 0.315 e. The van der Waals surface area contributed by atoms with Crippen molar-refractivity contribution >= 4 is 23.4 Å². The highest BCUT2D eigenvalue weighted by molar-refractivity contribution is 5.98. The molecule has 3 N–H and O–H groups in total. The Bertz CT molecular complexity index is 512. The highest BCUT2D eigenvalue weighted by Gasteiger charge is 2.07. The first kappa shape index (κ1) is 15.7. The molecule has 0 saturated carbocycles. The van der Waals surface area contributed by atoms with Crippen LogP contribution in [0.5, 0.6) is 0 Å². The Morgan fingerprint density at radius 1 is 1.20 bits per heavy atom. The van der Waals surface area contributed by atoms with Gasteiger partial charge in [-0.25, -0.2) is 4.79 Å². The largest absolute Gasteiger partial charge is 0.336 e. The maximum absolute atomic E-state index is 11.6. The number of hydrogen-bond acceptors (Lipinski definition) is 3. The van der Waals surface area contributed by atoms with Crippen LogP contribution in [0.25, 0.3) is 0 Å². The summed E-state index contributed by atoms with van der Waals surface area (Å²) in [5.41, 5.74) is 1.04. The first-order chi connectivity index (χ1) is 9.38. The van der Waals surface area contributed by atoms with Crippen LogP contribution in [0.4, 0.5) is 10.5 Å². The maximum atomic E-state index is 11.6. The predicted molar refractivity (Wildman–Crippen MR) is 76.7 cm³/mol. The minimum absolute atomic E-state index is 0.00492. The Hall–Kier alpha value is -2.37. The second-order valence-electron chi connectivity index (χ2n) is 4.67. The van der Waals surface area contributed by atoms with Crippen LogP contribution < -0.4 is 16.0 Å². The molecule has 6 heteroatoms. The molecule has 0 aliphatic rings. The monoisotopic (exact) mass is 277 g/mol. The smallest absolute Gasteiger partial charge is 0.315 e. The lowest BCUT2D eigenvalue weighted by atomic mass is 10.1. The zero-order valence-electron chi connectivity index (χ0n) is 11.8. The first-order valence-electron chi connectivity index (χ1n) is 6.33. The first-order valence-corrected chi connectivity index (χ1v) is 6.33. The number of carbonyl (C=O) groups is 3. The van der Waals surface area contributed by atoms with Crippen LogP contribution in [0, 0.1) is 0 Å². The molecule has 0 unspecified atom stereocenters. The van der Waals surface area contributed by atoms with Crippen LogP contribution in [0.3, 0.4) is 0 Å². The summed E-state index contributed by atoms with van der Waals surface area (Å²) in [6, 6.07) is 6.24. The standard InChI is InChI=1S/C14H19N3O3/c1-9(2)16-14(20)15-8-13(19)17-12-6-4-5-11(7-12)10(3)18/h4-7,9H,8H2,1-3H3,(H,17,19)(H2,15,16,20). The SMILES string of the molecule is CC(=O)c1cccc(NC(=O)CNC(=O)NC(C)C)c1. The zero-order valence-corrected chi connectivity index (χ0v) is 11.8. The van der Waals surface area contributed by atoms with Gasteiger partial charge in [0.2, 0.25) is 5.91 Å². The lowest BCUT2D eigenvalue weighted by Crippen LogP contribution is -2.42. The van der Waals surface area contributed by atoms with Crippen molar-refractivity contribution in [3.63, 3.8) is 0 Å². The van der Waals surface area contributed by atoms with Gasteiger partial charge in [-0.05, 0) is 32.9 Å². The Morgan fingerprint density at radius 2 is 1.90 bits per heavy atom. The Labute approximate surface area is 117 Å². The van der Waals surface area contributed by atoms with Gasteiger partial charge in [0.15, 0.2) is 5.78 Å². The number of benzene rings is 1. The molecule has 0 aliphatic heterocycles. The summed E-state index contributed by atoms with van der Waals surface area (Å²) in [5.74, 6) is -0.430. The van der Waals surface area contributed by atoms with Crippen LogP contribution in [0.15, 0.2) is 24.3 Å². The highest BCUT2D eigenvalue weighted by Crippen LogP contribution is 2.10. The van der Waals surface area contributed by atoms with Gasteiger partial charge in [-0.1, -0.05) is 12.1 Å². The lowest BCUT2D eigenvalue weighted by molar-refractivity contribution is -0.115. The van der Waals surface area contributed by atoms with Gasteiger partial charge in [0.1, 0.15) is 0 Å². The number of anilines is 1. The number of urea groups is 1. The summed E-state index contributed by atoms with van der Waals surface area (Å²) in [6.45, 7) is 4.97. The van der Waals surface area contributed by atoms with E-state index in [2.05, 4.69) is 16.0 Å². The molecule has 1 rings (SSSR count). The number of nitrogens with one attached hydrogen (secondary N) is 3.